The molecule has 4 heteroatoms. The van der Waals surface area contributed by atoms with Crippen LogP contribution in [0.4, 0.5) is 0 Å². The van der Waals surface area contributed by atoms with Gasteiger partial charge in [-0.2, -0.15) is 0 Å². The predicted octanol–water partition coefficient (Wildman–Crippen LogP) is 1.41. The van der Waals surface area contributed by atoms with Gasteiger partial charge in [0.15, 0.2) is 0 Å². The lowest BCUT2D eigenvalue weighted by atomic mass is 10.1. The van der Waals surface area contributed by atoms with Crippen LogP contribution in [0.5, 0.6) is 11.6 Å². The summed E-state index contributed by atoms with van der Waals surface area (Å²) in [6, 6.07) is 6.95. The Kier molecular flexibility index (Phi) is 2.43. The topological polar surface area (TPSA) is 68.4 Å². The van der Waals surface area contributed by atoms with E-state index in [0.29, 0.717) is 12.4 Å². The average molecular weight is 204 g/mol. The van der Waals surface area contributed by atoms with E-state index < -0.39 is 0 Å². The number of nitrogens with two attached hydrogens (primary N) is 1. The number of aromatic nitrogens is 1. The zero-order valence-electron chi connectivity index (χ0n) is 8.40. The molecule has 1 heterocycles. The van der Waals surface area contributed by atoms with Gasteiger partial charge in [-0.25, -0.2) is 4.98 Å². The summed E-state index contributed by atoms with van der Waals surface area (Å²) in [7, 11) is 1.55. The summed E-state index contributed by atoms with van der Waals surface area (Å²) in [6.07, 6.45) is 0. The first-order valence-corrected chi connectivity index (χ1v) is 4.61. The van der Waals surface area contributed by atoms with E-state index >= 15 is 0 Å². The highest BCUT2D eigenvalue weighted by Crippen LogP contribution is 2.27. The highest BCUT2D eigenvalue weighted by Gasteiger charge is 2.06. The number of hydrogen-bond acceptors (Lipinski definition) is 4. The van der Waals surface area contributed by atoms with Gasteiger partial charge in [0.2, 0.25) is 5.88 Å². The van der Waals surface area contributed by atoms with Gasteiger partial charge in [0.1, 0.15) is 5.75 Å². The van der Waals surface area contributed by atoms with Gasteiger partial charge < -0.3 is 15.6 Å². The highest BCUT2D eigenvalue weighted by atomic mass is 16.5. The predicted molar refractivity (Wildman–Crippen MR) is 57.9 cm³/mol. The quantitative estimate of drug-likeness (QED) is 0.776. The molecule has 4 nitrogen and oxygen atoms in total. The van der Waals surface area contributed by atoms with Crippen molar-refractivity contribution in [1.82, 2.24) is 4.98 Å². The van der Waals surface area contributed by atoms with Crippen LogP contribution in [0.1, 0.15) is 5.69 Å². The molecule has 0 radical (unpaired) electrons. The minimum atomic E-state index is 0.197. The average Bonchev–Trinajstić information content (AvgIpc) is 2.27. The van der Waals surface area contributed by atoms with Crippen LogP contribution < -0.4 is 10.5 Å². The van der Waals surface area contributed by atoms with Crippen LogP contribution in [0.3, 0.4) is 0 Å². The number of nitrogens with zero attached hydrogens (tertiary/aromatic N) is 1. The van der Waals surface area contributed by atoms with Gasteiger partial charge in [0, 0.05) is 11.9 Å². The molecule has 0 bridgehead atoms. The Balaban J connectivity index is 2.75. The van der Waals surface area contributed by atoms with E-state index in [4.69, 9.17) is 10.5 Å². The van der Waals surface area contributed by atoms with E-state index in [2.05, 4.69) is 4.98 Å². The maximum atomic E-state index is 9.37. The van der Waals surface area contributed by atoms with Crippen LogP contribution in [0, 0.1) is 0 Å². The summed E-state index contributed by atoms with van der Waals surface area (Å²) >= 11 is 0. The van der Waals surface area contributed by atoms with Crippen molar-refractivity contribution in [2.75, 3.05) is 7.11 Å². The fraction of sp³-hybridized carbons (Fsp3) is 0.182. The molecule has 2 rings (SSSR count). The number of phenolic OH excluding ortho intramolecular Hbond substituents is 1. The van der Waals surface area contributed by atoms with E-state index in [-0.39, 0.29) is 5.75 Å². The molecule has 0 amide bonds. The van der Waals surface area contributed by atoms with Gasteiger partial charge in [-0.1, -0.05) is 6.07 Å². The van der Waals surface area contributed by atoms with E-state index in [1.54, 1.807) is 19.2 Å². The van der Waals surface area contributed by atoms with Crippen molar-refractivity contribution in [3.05, 3.63) is 30.0 Å². The Morgan fingerprint density at radius 1 is 1.40 bits per heavy atom. The molecule has 0 unspecified atom stereocenters. The summed E-state index contributed by atoms with van der Waals surface area (Å²) in [4.78, 5) is 4.22. The first-order chi connectivity index (χ1) is 7.24. The first-order valence-electron chi connectivity index (χ1n) is 4.61. The number of methoxy groups -OCH3 is 1. The fourth-order valence-corrected chi connectivity index (χ4v) is 1.52. The Bertz CT molecular complexity index is 497. The number of fused-ring (bicyclic) bond motifs is 1. The molecule has 0 saturated carbocycles. The van der Waals surface area contributed by atoms with Crippen LogP contribution in [0.2, 0.25) is 0 Å². The Hall–Kier alpha value is -1.81. The SMILES string of the molecule is COc1nc(CN)cc2ccc(O)cc12. The number of phenols is 1. The molecule has 78 valence electrons. The molecule has 1 aromatic heterocycles. The van der Waals surface area contributed by atoms with Crippen LogP contribution in [-0.2, 0) is 6.54 Å². The standard InChI is InChI=1S/C11H12N2O2/c1-15-11-10-5-9(14)3-2-7(10)4-8(6-12)13-11/h2-5,14H,6,12H2,1H3. The molecule has 0 fully saturated rings. The van der Waals surface area contributed by atoms with Crippen molar-refractivity contribution in [1.29, 1.82) is 0 Å². The second-order valence-electron chi connectivity index (χ2n) is 3.23. The lowest BCUT2D eigenvalue weighted by Gasteiger charge is -2.07. The van der Waals surface area contributed by atoms with Crippen LogP contribution in [0.15, 0.2) is 24.3 Å². The summed E-state index contributed by atoms with van der Waals surface area (Å²) in [5.41, 5.74) is 6.30. The zero-order valence-corrected chi connectivity index (χ0v) is 8.40. The number of rotatable bonds is 2. The maximum Gasteiger partial charge on any atom is 0.221 e. The third-order valence-electron chi connectivity index (χ3n) is 2.24. The van der Waals surface area contributed by atoms with Crippen molar-refractivity contribution in [3.63, 3.8) is 0 Å². The van der Waals surface area contributed by atoms with Crippen molar-refractivity contribution in [2.24, 2.45) is 5.73 Å². The van der Waals surface area contributed by atoms with E-state index in [9.17, 15) is 5.11 Å². The second-order valence-corrected chi connectivity index (χ2v) is 3.23. The smallest absolute Gasteiger partial charge is 0.221 e. The van der Waals surface area contributed by atoms with Crippen LogP contribution in [0.25, 0.3) is 10.8 Å². The number of ether oxygens (including phenoxy) is 1. The molecule has 0 aliphatic heterocycles. The minimum Gasteiger partial charge on any atom is -0.508 e. The van der Waals surface area contributed by atoms with E-state index in [0.717, 1.165) is 16.5 Å². The number of benzene rings is 1. The zero-order chi connectivity index (χ0) is 10.8. The molecule has 1 aromatic carbocycles. The summed E-state index contributed by atoms with van der Waals surface area (Å²) in [5, 5.41) is 11.1. The van der Waals surface area contributed by atoms with Crippen molar-refractivity contribution < 1.29 is 9.84 Å². The third kappa shape index (κ3) is 1.71. The Morgan fingerprint density at radius 3 is 2.87 bits per heavy atom. The largest absolute Gasteiger partial charge is 0.508 e. The van der Waals surface area contributed by atoms with Crippen LogP contribution in [-0.4, -0.2) is 17.2 Å². The highest BCUT2D eigenvalue weighted by molar-refractivity contribution is 5.88. The third-order valence-corrected chi connectivity index (χ3v) is 2.24. The summed E-state index contributed by atoms with van der Waals surface area (Å²) < 4.78 is 5.15. The van der Waals surface area contributed by atoms with E-state index in [1.165, 1.54) is 0 Å². The van der Waals surface area contributed by atoms with Gasteiger partial charge in [-0.3, -0.25) is 0 Å². The lowest BCUT2D eigenvalue weighted by molar-refractivity contribution is 0.401. The van der Waals surface area contributed by atoms with Crippen molar-refractivity contribution >= 4 is 10.8 Å². The number of hydrogen-bond donors (Lipinski definition) is 2. The van der Waals surface area contributed by atoms with Crippen molar-refractivity contribution in [2.45, 2.75) is 6.54 Å². The fourth-order valence-electron chi connectivity index (χ4n) is 1.52. The van der Waals surface area contributed by atoms with Gasteiger partial charge in [0.05, 0.1) is 12.8 Å². The van der Waals surface area contributed by atoms with E-state index in [1.807, 2.05) is 12.1 Å². The summed E-state index contributed by atoms with van der Waals surface area (Å²) in [6.45, 7) is 0.368. The molecule has 0 aliphatic rings. The monoisotopic (exact) mass is 204 g/mol. The molecule has 3 N–H and O–H groups in total. The normalized spacial score (nSPS) is 10.5. The molecular formula is C11H12N2O2. The molecule has 0 spiro atoms. The molecule has 0 atom stereocenters. The first kappa shape index (κ1) is 9.73. The van der Waals surface area contributed by atoms with Gasteiger partial charge in [0.25, 0.3) is 0 Å². The lowest BCUT2D eigenvalue weighted by Crippen LogP contribution is -2.01. The molecule has 2 aromatic rings. The van der Waals surface area contributed by atoms with Gasteiger partial charge in [-0.05, 0) is 23.6 Å². The molecule has 0 saturated heterocycles. The minimum absolute atomic E-state index is 0.197. The molecule has 15 heavy (non-hydrogen) atoms. The summed E-state index contributed by atoms with van der Waals surface area (Å²) in [5.74, 6) is 0.687. The van der Waals surface area contributed by atoms with Crippen molar-refractivity contribution in [3.8, 4) is 11.6 Å². The Morgan fingerprint density at radius 2 is 2.20 bits per heavy atom. The van der Waals surface area contributed by atoms with Gasteiger partial charge in [-0.15, -0.1) is 0 Å². The van der Waals surface area contributed by atoms with Gasteiger partial charge >= 0.3 is 0 Å². The number of pyridine rings is 1. The molecular weight excluding hydrogens is 192 g/mol. The Labute approximate surface area is 87.3 Å². The maximum absolute atomic E-state index is 9.37. The second kappa shape index (κ2) is 3.74. The number of aromatic hydroxyl groups is 1. The van der Waals surface area contributed by atoms with Crippen LogP contribution >= 0.6 is 0 Å². The molecule has 0 aliphatic carbocycles.